The zero-order chi connectivity index (χ0) is 15.6. The number of ether oxygens (including phenoxy) is 1. The first-order valence-electron chi connectivity index (χ1n) is 6.80. The topological polar surface area (TPSA) is 44.1 Å². The van der Waals surface area contributed by atoms with Crippen molar-refractivity contribution in [3.63, 3.8) is 0 Å². The lowest BCUT2D eigenvalue weighted by Gasteiger charge is -2.23. The van der Waals surface area contributed by atoms with Gasteiger partial charge in [0, 0.05) is 12.3 Å². The number of aromatic nitrogens is 2. The van der Waals surface area contributed by atoms with Gasteiger partial charge in [0.25, 0.3) is 0 Å². The van der Waals surface area contributed by atoms with Crippen molar-refractivity contribution in [2.75, 3.05) is 13.0 Å². The first-order valence-corrected chi connectivity index (χ1v) is 7.71. The van der Waals surface area contributed by atoms with E-state index >= 15 is 0 Å². The summed E-state index contributed by atoms with van der Waals surface area (Å²) in [7, 11) is 1.39. The van der Waals surface area contributed by atoms with E-state index in [1.807, 2.05) is 30.5 Å². The van der Waals surface area contributed by atoms with E-state index in [0.717, 1.165) is 16.9 Å². The minimum atomic E-state index is -0.474. The van der Waals surface area contributed by atoms with Gasteiger partial charge < -0.3 is 9.30 Å². The van der Waals surface area contributed by atoms with Crippen molar-refractivity contribution in [2.24, 2.45) is 5.92 Å². The van der Waals surface area contributed by atoms with Crippen LogP contribution in [0, 0.1) is 5.92 Å². The number of alkyl halides is 1. The smallest absolute Gasteiger partial charge is 0.329 e. The number of nitrogens with zero attached hydrogens (tertiary/aromatic N) is 2. The van der Waals surface area contributed by atoms with Crippen LogP contribution < -0.4 is 0 Å². The average molecular weight is 329 g/mol. The Labute approximate surface area is 134 Å². The monoisotopic (exact) mass is 328 g/mol. The van der Waals surface area contributed by atoms with E-state index in [1.54, 1.807) is 6.07 Å². The summed E-state index contributed by atoms with van der Waals surface area (Å²) in [6.45, 7) is 3.93. The lowest BCUT2D eigenvalue weighted by Crippen LogP contribution is -2.27. The lowest BCUT2D eigenvalue weighted by atomic mass is 10.0. The molecule has 0 saturated heterocycles. The number of hydrogen-bond donors (Lipinski definition) is 0. The minimum absolute atomic E-state index is 0.0419. The third kappa shape index (κ3) is 3.01. The minimum Gasteiger partial charge on any atom is -0.467 e. The van der Waals surface area contributed by atoms with Gasteiger partial charge in [0.2, 0.25) is 0 Å². The second-order valence-corrected chi connectivity index (χ2v) is 5.94. The maximum Gasteiger partial charge on any atom is 0.329 e. The van der Waals surface area contributed by atoms with E-state index in [4.69, 9.17) is 27.9 Å². The Morgan fingerprint density at radius 1 is 1.43 bits per heavy atom. The van der Waals surface area contributed by atoms with Gasteiger partial charge in [-0.15, -0.1) is 11.6 Å². The van der Waals surface area contributed by atoms with Crippen molar-refractivity contribution in [2.45, 2.75) is 26.3 Å². The van der Waals surface area contributed by atoms with Crippen LogP contribution in [0.25, 0.3) is 11.0 Å². The van der Waals surface area contributed by atoms with Crippen molar-refractivity contribution < 1.29 is 9.53 Å². The largest absolute Gasteiger partial charge is 0.467 e. The Morgan fingerprint density at radius 2 is 2.14 bits per heavy atom. The first-order chi connectivity index (χ1) is 10.0. The molecular weight excluding hydrogens is 311 g/mol. The van der Waals surface area contributed by atoms with Gasteiger partial charge in [-0.3, -0.25) is 0 Å². The maximum absolute atomic E-state index is 12.2. The summed E-state index contributed by atoms with van der Waals surface area (Å²) in [5, 5.41) is 0.565. The van der Waals surface area contributed by atoms with Crippen LogP contribution in [0.4, 0.5) is 0 Å². The number of aryl methyl sites for hydroxylation is 1. The third-order valence-electron chi connectivity index (χ3n) is 3.40. The number of carbonyl (C=O) groups excluding carboxylic acids is 1. The molecule has 114 valence electrons. The number of methoxy groups -OCH3 is 1. The van der Waals surface area contributed by atoms with Gasteiger partial charge in [-0.05, 0) is 18.1 Å². The summed E-state index contributed by atoms with van der Waals surface area (Å²) in [5.41, 5.74) is 1.51. The third-order valence-corrected chi connectivity index (χ3v) is 3.90. The predicted octanol–water partition coefficient (Wildman–Crippen LogP) is 3.84. The van der Waals surface area contributed by atoms with Crippen LogP contribution in [0.3, 0.4) is 0 Å². The van der Waals surface area contributed by atoms with Crippen molar-refractivity contribution >= 4 is 40.2 Å². The number of imidazole rings is 1. The fourth-order valence-corrected chi connectivity index (χ4v) is 2.94. The van der Waals surface area contributed by atoms with Crippen LogP contribution in [0.1, 0.15) is 25.7 Å². The van der Waals surface area contributed by atoms with Crippen LogP contribution in [0.2, 0.25) is 5.02 Å². The molecule has 4 nitrogen and oxygen atoms in total. The zero-order valence-corrected chi connectivity index (χ0v) is 13.8. The van der Waals surface area contributed by atoms with Crippen LogP contribution in [-0.2, 0) is 16.0 Å². The Balaban J connectivity index is 2.73. The van der Waals surface area contributed by atoms with Gasteiger partial charge in [-0.1, -0.05) is 31.5 Å². The van der Waals surface area contributed by atoms with Crippen molar-refractivity contribution in [1.82, 2.24) is 9.55 Å². The summed E-state index contributed by atoms with van der Waals surface area (Å²) in [6, 6.07) is 5.04. The number of para-hydroxylation sites is 1. The van der Waals surface area contributed by atoms with E-state index in [1.165, 1.54) is 7.11 Å². The normalized spacial score (nSPS) is 12.9. The average Bonchev–Trinajstić information content (AvgIpc) is 2.79. The molecule has 1 heterocycles. The summed E-state index contributed by atoms with van der Waals surface area (Å²) in [6.07, 6.45) is 0.562. The standard InChI is InChI=1S/C15H18Cl2N2O2/c1-9(2)13(15(20)21-3)19-12(7-8-16)18-11-6-4-5-10(17)14(11)19/h4-6,9,13H,7-8H2,1-3H3. The van der Waals surface area contributed by atoms with Crippen molar-refractivity contribution in [3.05, 3.63) is 29.0 Å². The Hall–Kier alpha value is -1.26. The van der Waals surface area contributed by atoms with Crippen LogP contribution >= 0.6 is 23.2 Å². The molecule has 0 bridgehead atoms. The van der Waals surface area contributed by atoms with Gasteiger partial charge in [-0.2, -0.15) is 0 Å². The number of hydrogen-bond acceptors (Lipinski definition) is 3. The summed E-state index contributed by atoms with van der Waals surface area (Å²) in [5.74, 6) is 0.907. The number of esters is 1. The number of fused-ring (bicyclic) bond motifs is 1. The quantitative estimate of drug-likeness (QED) is 0.618. The number of carbonyl (C=O) groups is 1. The van der Waals surface area contributed by atoms with Crippen LogP contribution in [0.15, 0.2) is 18.2 Å². The highest BCUT2D eigenvalue weighted by Crippen LogP contribution is 2.31. The van der Waals surface area contributed by atoms with Crippen molar-refractivity contribution in [1.29, 1.82) is 0 Å². The molecule has 0 fully saturated rings. The molecule has 0 aliphatic heterocycles. The summed E-state index contributed by atoms with van der Waals surface area (Å²) in [4.78, 5) is 16.8. The van der Waals surface area contributed by atoms with Gasteiger partial charge >= 0.3 is 5.97 Å². The SMILES string of the molecule is COC(=O)C(C(C)C)n1c(CCCl)nc2cccc(Cl)c21. The fraction of sp³-hybridized carbons (Fsp3) is 0.467. The highest BCUT2D eigenvalue weighted by molar-refractivity contribution is 6.35. The summed E-state index contributed by atoms with van der Waals surface area (Å²) < 4.78 is 6.83. The van der Waals surface area contributed by atoms with E-state index < -0.39 is 6.04 Å². The molecule has 0 saturated carbocycles. The molecule has 6 heteroatoms. The molecule has 1 unspecified atom stereocenters. The predicted molar refractivity (Wildman–Crippen MR) is 85.1 cm³/mol. The fourth-order valence-electron chi connectivity index (χ4n) is 2.51. The molecule has 0 amide bonds. The van der Waals surface area contributed by atoms with E-state index in [2.05, 4.69) is 4.98 Å². The molecule has 0 aliphatic carbocycles. The number of rotatable bonds is 5. The molecule has 1 atom stereocenters. The lowest BCUT2D eigenvalue weighted by molar-refractivity contribution is -0.145. The molecule has 0 radical (unpaired) electrons. The Morgan fingerprint density at radius 3 is 2.71 bits per heavy atom. The molecular formula is C15H18Cl2N2O2. The van der Waals surface area contributed by atoms with Gasteiger partial charge in [0.1, 0.15) is 11.9 Å². The molecule has 1 aromatic carbocycles. The second kappa shape index (κ2) is 6.67. The molecule has 0 spiro atoms. The molecule has 0 aliphatic rings. The second-order valence-electron chi connectivity index (χ2n) is 5.16. The summed E-state index contributed by atoms with van der Waals surface area (Å²) >= 11 is 12.2. The van der Waals surface area contributed by atoms with Crippen LogP contribution in [0.5, 0.6) is 0 Å². The maximum atomic E-state index is 12.2. The molecule has 0 N–H and O–H groups in total. The van der Waals surface area contributed by atoms with Gasteiger partial charge in [0.05, 0.1) is 23.2 Å². The molecule has 21 heavy (non-hydrogen) atoms. The first kappa shape index (κ1) is 16.1. The zero-order valence-electron chi connectivity index (χ0n) is 12.3. The van der Waals surface area contributed by atoms with E-state index in [0.29, 0.717) is 17.3 Å². The molecule has 2 rings (SSSR count). The van der Waals surface area contributed by atoms with E-state index in [-0.39, 0.29) is 11.9 Å². The van der Waals surface area contributed by atoms with Gasteiger partial charge in [0.15, 0.2) is 0 Å². The Bertz CT molecular complexity index is 652. The van der Waals surface area contributed by atoms with Crippen molar-refractivity contribution in [3.8, 4) is 0 Å². The number of halogens is 2. The van der Waals surface area contributed by atoms with E-state index in [9.17, 15) is 4.79 Å². The highest BCUT2D eigenvalue weighted by Gasteiger charge is 2.29. The van der Waals surface area contributed by atoms with Crippen LogP contribution in [-0.4, -0.2) is 28.5 Å². The highest BCUT2D eigenvalue weighted by atomic mass is 35.5. The molecule has 1 aromatic heterocycles. The van der Waals surface area contributed by atoms with Gasteiger partial charge in [-0.25, -0.2) is 9.78 Å². The number of benzene rings is 1. The molecule has 2 aromatic rings. The Kier molecular flexibility index (Phi) is 5.12.